The lowest BCUT2D eigenvalue weighted by atomic mass is 9.60. The van der Waals surface area contributed by atoms with Gasteiger partial charge < -0.3 is 25.2 Å². The highest BCUT2D eigenvalue weighted by Crippen LogP contribution is 2.47. The van der Waals surface area contributed by atoms with Gasteiger partial charge in [0.1, 0.15) is 12.2 Å². The fraction of sp³-hybridized carbons (Fsp3) is 0.900. The molecule has 2 amide bonds. The van der Waals surface area contributed by atoms with Crippen molar-refractivity contribution in [1.82, 2.24) is 10.6 Å². The quantitative estimate of drug-likeness (QED) is 0.572. The van der Waals surface area contributed by atoms with E-state index < -0.39 is 47.4 Å². The summed E-state index contributed by atoms with van der Waals surface area (Å²) in [7, 11) is 0. The summed E-state index contributed by atoms with van der Waals surface area (Å²) in [6.07, 6.45) is -4.82. The summed E-state index contributed by atoms with van der Waals surface area (Å²) in [6, 6.07) is 0. The molecule has 4 fully saturated rings. The summed E-state index contributed by atoms with van der Waals surface area (Å²) in [5, 5.41) is 16.5. The zero-order valence-electron chi connectivity index (χ0n) is 18.0. The summed E-state index contributed by atoms with van der Waals surface area (Å²) < 4.78 is 51.0. The molecule has 0 aromatic rings. The molecule has 4 saturated carbocycles. The van der Waals surface area contributed by atoms with Crippen molar-refractivity contribution in [3.63, 3.8) is 0 Å². The summed E-state index contributed by atoms with van der Waals surface area (Å²) in [4.78, 5) is 24.5. The Morgan fingerprint density at radius 2 is 1.65 bits per heavy atom. The van der Waals surface area contributed by atoms with Crippen LogP contribution in [0.1, 0.15) is 65.7 Å². The fourth-order valence-electron chi connectivity index (χ4n) is 4.63. The number of hydrogen-bond donors (Lipinski definition) is 3. The Morgan fingerprint density at radius 3 is 2.16 bits per heavy atom. The molecule has 0 aromatic heterocycles. The SMILES string of the molecule is CC(C)(C)OC(=O)NC12CCC(NC(=O)CO[C@H]3C[C@@H](OC(F)(F)F)C3)(CC1)C[C@H]2O. The second-order valence-corrected chi connectivity index (χ2v) is 9.92. The van der Waals surface area contributed by atoms with E-state index in [0.717, 1.165) is 0 Å². The summed E-state index contributed by atoms with van der Waals surface area (Å²) in [6.45, 7) is 5.02. The highest BCUT2D eigenvalue weighted by Gasteiger charge is 2.55. The van der Waals surface area contributed by atoms with Gasteiger partial charge >= 0.3 is 12.5 Å². The third-order valence-electron chi connectivity index (χ3n) is 6.28. The van der Waals surface area contributed by atoms with Gasteiger partial charge in [-0.05, 0) is 52.9 Å². The van der Waals surface area contributed by atoms with Crippen LogP contribution in [0, 0.1) is 0 Å². The number of carbonyl (C=O) groups is 2. The van der Waals surface area contributed by atoms with Crippen molar-refractivity contribution in [3.8, 4) is 0 Å². The predicted molar refractivity (Wildman–Crippen MR) is 102 cm³/mol. The van der Waals surface area contributed by atoms with Crippen LogP contribution in [-0.2, 0) is 19.0 Å². The van der Waals surface area contributed by atoms with E-state index in [1.807, 2.05) is 0 Å². The highest BCUT2D eigenvalue weighted by atomic mass is 19.4. The smallest absolute Gasteiger partial charge is 0.444 e. The molecule has 178 valence electrons. The number of amides is 2. The molecule has 0 aromatic carbocycles. The molecule has 4 aliphatic carbocycles. The van der Waals surface area contributed by atoms with Crippen molar-refractivity contribution in [1.29, 1.82) is 0 Å². The molecule has 0 saturated heterocycles. The summed E-state index contributed by atoms with van der Waals surface area (Å²) >= 11 is 0. The second kappa shape index (κ2) is 8.40. The molecule has 0 radical (unpaired) electrons. The van der Waals surface area contributed by atoms with Crippen molar-refractivity contribution in [2.45, 2.75) is 107 Å². The van der Waals surface area contributed by atoms with Crippen molar-refractivity contribution < 1.29 is 42.1 Å². The van der Waals surface area contributed by atoms with Crippen LogP contribution >= 0.6 is 0 Å². The number of aliphatic hydroxyl groups is 1. The predicted octanol–water partition coefficient (Wildman–Crippen LogP) is 2.53. The Morgan fingerprint density at radius 1 is 1.03 bits per heavy atom. The number of rotatable bonds is 6. The lowest BCUT2D eigenvalue weighted by Crippen LogP contribution is -2.70. The number of ether oxygens (including phenoxy) is 3. The Bertz CT molecular complexity index is 679. The monoisotopic (exact) mass is 452 g/mol. The zero-order chi connectivity index (χ0) is 23.1. The Hall–Kier alpha value is -1.59. The minimum Gasteiger partial charge on any atom is -0.444 e. The number of halogens is 3. The number of alkyl halides is 3. The number of alkyl carbamates (subject to hydrolysis) is 1. The maximum absolute atomic E-state index is 12.3. The Labute approximate surface area is 179 Å². The average Bonchev–Trinajstić information content (AvgIpc) is 2.55. The van der Waals surface area contributed by atoms with Crippen molar-refractivity contribution in [2.75, 3.05) is 6.61 Å². The van der Waals surface area contributed by atoms with Gasteiger partial charge in [0.2, 0.25) is 5.91 Å². The van der Waals surface area contributed by atoms with Gasteiger partial charge in [-0.1, -0.05) is 0 Å². The van der Waals surface area contributed by atoms with Gasteiger partial charge in [0, 0.05) is 18.4 Å². The summed E-state index contributed by atoms with van der Waals surface area (Å²) in [5.41, 5.74) is -2.00. The zero-order valence-corrected chi connectivity index (χ0v) is 18.0. The van der Waals surface area contributed by atoms with E-state index in [1.165, 1.54) is 0 Å². The minimum atomic E-state index is -4.66. The van der Waals surface area contributed by atoms with Gasteiger partial charge in [0.15, 0.2) is 0 Å². The fourth-order valence-corrected chi connectivity index (χ4v) is 4.63. The second-order valence-electron chi connectivity index (χ2n) is 9.92. The number of aliphatic hydroxyl groups excluding tert-OH is 1. The van der Waals surface area contributed by atoms with E-state index >= 15 is 0 Å². The number of carbonyl (C=O) groups excluding carboxylic acids is 2. The lowest BCUT2D eigenvalue weighted by Gasteiger charge is -2.56. The average molecular weight is 452 g/mol. The molecule has 4 aliphatic rings. The Balaban J connectivity index is 1.43. The van der Waals surface area contributed by atoms with E-state index in [-0.39, 0.29) is 25.4 Å². The molecular formula is C20H31F3N2O6. The van der Waals surface area contributed by atoms with Gasteiger partial charge in [-0.25, -0.2) is 4.79 Å². The molecule has 8 nitrogen and oxygen atoms in total. The van der Waals surface area contributed by atoms with Crippen LogP contribution in [0.2, 0.25) is 0 Å². The first-order chi connectivity index (χ1) is 14.2. The van der Waals surface area contributed by atoms with Crippen LogP contribution in [-0.4, -0.2) is 65.1 Å². The first-order valence-corrected chi connectivity index (χ1v) is 10.6. The van der Waals surface area contributed by atoms with Gasteiger partial charge in [-0.2, -0.15) is 0 Å². The highest BCUT2D eigenvalue weighted by molar-refractivity contribution is 5.78. The molecule has 0 aliphatic heterocycles. The van der Waals surface area contributed by atoms with Gasteiger partial charge in [-0.15, -0.1) is 13.2 Å². The van der Waals surface area contributed by atoms with Crippen LogP contribution in [0.25, 0.3) is 0 Å². The van der Waals surface area contributed by atoms with E-state index in [4.69, 9.17) is 9.47 Å². The van der Waals surface area contributed by atoms with Crippen molar-refractivity contribution >= 4 is 12.0 Å². The topological polar surface area (TPSA) is 106 Å². The maximum Gasteiger partial charge on any atom is 0.522 e. The standard InChI is InChI=1S/C20H31F3N2O6/c1-17(2,3)31-16(28)25-19-6-4-18(5-7-19,10-14(19)26)24-15(27)11-29-12-8-13(9-12)30-20(21,22)23/h12-14,26H,4-11H2,1-3H3,(H,24,27)(H,25,28)/t12-,13+,14-,18?,19?/m1/s1. The first-order valence-electron chi connectivity index (χ1n) is 10.6. The molecule has 0 unspecified atom stereocenters. The maximum atomic E-state index is 12.3. The lowest BCUT2D eigenvalue weighted by molar-refractivity contribution is -0.357. The molecule has 1 atom stereocenters. The number of fused-ring (bicyclic) bond motifs is 3. The normalized spacial score (nSPS) is 35.3. The molecular weight excluding hydrogens is 421 g/mol. The third-order valence-corrected chi connectivity index (χ3v) is 6.28. The third kappa shape index (κ3) is 6.23. The van der Waals surface area contributed by atoms with E-state index in [2.05, 4.69) is 15.4 Å². The van der Waals surface area contributed by atoms with Crippen LogP contribution in [0.15, 0.2) is 0 Å². The van der Waals surface area contributed by atoms with E-state index in [1.54, 1.807) is 20.8 Å². The molecule has 3 N–H and O–H groups in total. The van der Waals surface area contributed by atoms with Crippen LogP contribution < -0.4 is 10.6 Å². The van der Waals surface area contributed by atoms with Gasteiger partial charge in [0.25, 0.3) is 0 Å². The van der Waals surface area contributed by atoms with Crippen LogP contribution in [0.5, 0.6) is 0 Å². The molecule has 31 heavy (non-hydrogen) atoms. The van der Waals surface area contributed by atoms with Crippen LogP contribution in [0.3, 0.4) is 0 Å². The minimum absolute atomic E-state index is 0.0928. The van der Waals surface area contributed by atoms with E-state index in [9.17, 15) is 27.9 Å². The largest absolute Gasteiger partial charge is 0.522 e. The molecule has 4 rings (SSSR count). The van der Waals surface area contributed by atoms with Gasteiger partial charge in [-0.3, -0.25) is 9.53 Å². The van der Waals surface area contributed by atoms with E-state index in [0.29, 0.717) is 32.1 Å². The number of nitrogens with one attached hydrogen (secondary N) is 2. The van der Waals surface area contributed by atoms with Crippen molar-refractivity contribution in [2.24, 2.45) is 0 Å². The molecule has 0 spiro atoms. The summed E-state index contributed by atoms with van der Waals surface area (Å²) in [5.74, 6) is -0.373. The van der Waals surface area contributed by atoms with Crippen LogP contribution in [0.4, 0.5) is 18.0 Å². The molecule has 0 heterocycles. The number of hydrogen-bond acceptors (Lipinski definition) is 6. The first kappa shape index (κ1) is 24.1. The van der Waals surface area contributed by atoms with Crippen molar-refractivity contribution in [3.05, 3.63) is 0 Å². The van der Waals surface area contributed by atoms with Gasteiger partial charge in [0.05, 0.1) is 23.9 Å². The molecule has 2 bridgehead atoms. The Kier molecular flexibility index (Phi) is 6.52. The molecule has 11 heteroatoms.